The summed E-state index contributed by atoms with van der Waals surface area (Å²) in [6.45, 7) is 4.88. The lowest BCUT2D eigenvalue weighted by molar-refractivity contribution is -0.129. The van der Waals surface area contributed by atoms with Crippen molar-refractivity contribution in [3.05, 3.63) is 0 Å². The number of rotatable bonds is 5. The number of amides is 1. The summed E-state index contributed by atoms with van der Waals surface area (Å²) >= 11 is 0. The summed E-state index contributed by atoms with van der Waals surface area (Å²) < 4.78 is 0. The first-order valence-electron chi connectivity index (χ1n) is 5.64. The van der Waals surface area contributed by atoms with Gasteiger partial charge in [-0.15, -0.1) is 0 Å². The number of nitrogens with zero attached hydrogens (tertiary/aromatic N) is 2. The van der Waals surface area contributed by atoms with Gasteiger partial charge in [-0.3, -0.25) is 4.79 Å². The summed E-state index contributed by atoms with van der Waals surface area (Å²) in [5.41, 5.74) is 0.0335. The average Bonchev–Trinajstić information content (AvgIpc) is 2.70. The van der Waals surface area contributed by atoms with Gasteiger partial charge in [-0.2, -0.15) is 5.26 Å². The lowest BCUT2D eigenvalue weighted by Gasteiger charge is -2.25. The molecule has 1 fully saturated rings. The van der Waals surface area contributed by atoms with Gasteiger partial charge in [-0.05, 0) is 19.9 Å². The molecule has 0 aliphatic carbocycles. The van der Waals surface area contributed by atoms with Crippen molar-refractivity contribution in [1.29, 1.82) is 5.26 Å². The molecule has 0 aromatic carbocycles. The molecule has 1 rings (SSSR count). The molecule has 1 aliphatic heterocycles. The van der Waals surface area contributed by atoms with Gasteiger partial charge in [0.15, 0.2) is 0 Å². The first kappa shape index (κ1) is 12.9. The van der Waals surface area contributed by atoms with Gasteiger partial charge >= 0.3 is 0 Å². The molecule has 2 N–H and O–H groups in total. The maximum Gasteiger partial charge on any atom is 0.236 e. The zero-order valence-electron chi connectivity index (χ0n) is 10.0. The molecular weight excluding hydrogens is 204 g/mol. The first-order chi connectivity index (χ1) is 7.57. The standard InChI is InChI=1S/C11H20N4O/c1-11(4-6-13-9-11)14-8-10(16)15(2)7-3-5-12/h13-14H,3-4,6-9H2,1-2H3. The van der Waals surface area contributed by atoms with Crippen molar-refractivity contribution in [2.24, 2.45) is 0 Å². The third kappa shape index (κ3) is 3.80. The monoisotopic (exact) mass is 224 g/mol. The lowest BCUT2D eigenvalue weighted by atomic mass is 10.0. The van der Waals surface area contributed by atoms with Crippen LogP contribution in [0.2, 0.25) is 0 Å². The molecule has 0 aromatic heterocycles. The topological polar surface area (TPSA) is 68.2 Å². The van der Waals surface area contributed by atoms with Gasteiger partial charge in [-0.1, -0.05) is 0 Å². The Bertz CT molecular complexity index is 278. The van der Waals surface area contributed by atoms with Crippen molar-refractivity contribution in [3.63, 3.8) is 0 Å². The Hall–Kier alpha value is -1.12. The molecule has 0 radical (unpaired) electrons. The number of carbonyl (C=O) groups is 1. The van der Waals surface area contributed by atoms with Crippen LogP contribution in [0.3, 0.4) is 0 Å². The second kappa shape index (κ2) is 5.83. The molecule has 5 heteroatoms. The fourth-order valence-electron chi connectivity index (χ4n) is 1.73. The molecule has 16 heavy (non-hydrogen) atoms. The number of likely N-dealkylation sites (N-methyl/N-ethyl adjacent to an activating group) is 1. The first-order valence-corrected chi connectivity index (χ1v) is 5.64. The van der Waals surface area contributed by atoms with E-state index in [-0.39, 0.29) is 11.4 Å². The minimum Gasteiger partial charge on any atom is -0.344 e. The molecule has 1 heterocycles. The van der Waals surface area contributed by atoms with Gasteiger partial charge < -0.3 is 15.5 Å². The van der Waals surface area contributed by atoms with E-state index in [0.29, 0.717) is 19.5 Å². The van der Waals surface area contributed by atoms with Crippen LogP contribution >= 0.6 is 0 Å². The zero-order chi connectivity index (χ0) is 12.0. The summed E-state index contributed by atoms with van der Waals surface area (Å²) in [6, 6.07) is 2.03. The molecule has 1 atom stereocenters. The van der Waals surface area contributed by atoms with Gasteiger partial charge in [0, 0.05) is 25.7 Å². The van der Waals surface area contributed by atoms with Crippen LogP contribution in [0.15, 0.2) is 0 Å². The van der Waals surface area contributed by atoms with E-state index in [2.05, 4.69) is 17.6 Å². The normalized spacial score (nSPS) is 24.1. The highest BCUT2D eigenvalue weighted by atomic mass is 16.2. The summed E-state index contributed by atoms with van der Waals surface area (Å²) in [4.78, 5) is 13.3. The summed E-state index contributed by atoms with van der Waals surface area (Å²) in [6.07, 6.45) is 1.43. The smallest absolute Gasteiger partial charge is 0.236 e. The van der Waals surface area contributed by atoms with Crippen LogP contribution in [0.25, 0.3) is 0 Å². The Morgan fingerprint density at radius 2 is 2.44 bits per heavy atom. The molecule has 0 bridgehead atoms. The summed E-state index contributed by atoms with van der Waals surface area (Å²) in [5.74, 6) is 0.0448. The van der Waals surface area contributed by atoms with E-state index in [1.807, 2.05) is 6.07 Å². The van der Waals surface area contributed by atoms with E-state index in [9.17, 15) is 4.79 Å². The van der Waals surface area contributed by atoms with Gasteiger partial charge in [0.1, 0.15) is 0 Å². The van der Waals surface area contributed by atoms with E-state index in [1.165, 1.54) is 0 Å². The Labute approximate surface area is 96.8 Å². The van der Waals surface area contributed by atoms with Crippen LogP contribution in [-0.4, -0.2) is 49.6 Å². The molecule has 1 amide bonds. The molecule has 5 nitrogen and oxygen atoms in total. The maximum absolute atomic E-state index is 11.7. The average molecular weight is 224 g/mol. The van der Waals surface area contributed by atoms with Crippen molar-refractivity contribution in [2.45, 2.75) is 25.3 Å². The highest BCUT2D eigenvalue weighted by Gasteiger charge is 2.28. The zero-order valence-corrected chi connectivity index (χ0v) is 10.0. The predicted molar refractivity (Wildman–Crippen MR) is 61.8 cm³/mol. The predicted octanol–water partition coefficient (Wildman–Crippen LogP) is -0.300. The van der Waals surface area contributed by atoms with Crippen LogP contribution in [0.4, 0.5) is 0 Å². The van der Waals surface area contributed by atoms with Crippen molar-refractivity contribution < 1.29 is 4.79 Å². The maximum atomic E-state index is 11.7. The van der Waals surface area contributed by atoms with E-state index in [1.54, 1.807) is 11.9 Å². The summed E-state index contributed by atoms with van der Waals surface area (Å²) in [7, 11) is 1.73. The molecule has 0 spiro atoms. The fraction of sp³-hybridized carbons (Fsp3) is 0.818. The number of hydrogen-bond donors (Lipinski definition) is 2. The highest BCUT2D eigenvalue weighted by molar-refractivity contribution is 5.78. The number of carbonyl (C=O) groups excluding carboxylic acids is 1. The van der Waals surface area contributed by atoms with E-state index < -0.39 is 0 Å². The van der Waals surface area contributed by atoms with E-state index in [4.69, 9.17) is 5.26 Å². The van der Waals surface area contributed by atoms with Gasteiger partial charge in [-0.25, -0.2) is 0 Å². The SMILES string of the molecule is CN(CCC#N)C(=O)CNC1(C)CCNC1. The number of nitriles is 1. The fourth-order valence-corrected chi connectivity index (χ4v) is 1.73. The Kier molecular flexibility index (Phi) is 4.71. The van der Waals surface area contributed by atoms with Crippen molar-refractivity contribution in [3.8, 4) is 6.07 Å². The van der Waals surface area contributed by atoms with Crippen molar-refractivity contribution in [2.75, 3.05) is 33.2 Å². The van der Waals surface area contributed by atoms with Crippen LogP contribution in [-0.2, 0) is 4.79 Å². The summed E-state index contributed by atoms with van der Waals surface area (Å²) in [5, 5.41) is 15.0. The third-order valence-electron chi connectivity index (χ3n) is 3.02. The lowest BCUT2D eigenvalue weighted by Crippen LogP contribution is -2.48. The van der Waals surface area contributed by atoms with Crippen LogP contribution < -0.4 is 10.6 Å². The van der Waals surface area contributed by atoms with E-state index >= 15 is 0 Å². The quantitative estimate of drug-likeness (QED) is 0.673. The van der Waals surface area contributed by atoms with E-state index in [0.717, 1.165) is 19.5 Å². The molecule has 1 aliphatic rings. The minimum absolute atomic E-state index is 0.0335. The van der Waals surface area contributed by atoms with Gasteiger partial charge in [0.25, 0.3) is 0 Å². The second-order valence-corrected chi connectivity index (χ2v) is 4.56. The third-order valence-corrected chi connectivity index (χ3v) is 3.02. The Morgan fingerprint density at radius 1 is 1.69 bits per heavy atom. The molecule has 90 valence electrons. The van der Waals surface area contributed by atoms with Crippen LogP contribution in [0.5, 0.6) is 0 Å². The molecule has 0 aromatic rings. The van der Waals surface area contributed by atoms with Gasteiger partial charge in [0.05, 0.1) is 19.0 Å². The molecule has 0 saturated carbocycles. The van der Waals surface area contributed by atoms with Crippen molar-refractivity contribution in [1.82, 2.24) is 15.5 Å². The van der Waals surface area contributed by atoms with Crippen LogP contribution in [0.1, 0.15) is 19.8 Å². The number of hydrogen-bond acceptors (Lipinski definition) is 4. The molecular formula is C11H20N4O. The number of nitrogens with one attached hydrogen (secondary N) is 2. The second-order valence-electron chi connectivity index (χ2n) is 4.56. The largest absolute Gasteiger partial charge is 0.344 e. The molecule has 1 unspecified atom stereocenters. The molecule has 1 saturated heterocycles. The van der Waals surface area contributed by atoms with Crippen molar-refractivity contribution >= 4 is 5.91 Å². The minimum atomic E-state index is 0.0335. The Balaban J connectivity index is 2.26. The van der Waals surface area contributed by atoms with Gasteiger partial charge in [0.2, 0.25) is 5.91 Å². The Morgan fingerprint density at radius 3 is 3.00 bits per heavy atom. The van der Waals surface area contributed by atoms with Crippen LogP contribution in [0, 0.1) is 11.3 Å². The highest BCUT2D eigenvalue weighted by Crippen LogP contribution is 2.12.